The van der Waals surface area contributed by atoms with E-state index in [1.54, 1.807) is 6.20 Å². The Kier molecular flexibility index (Phi) is 5.64. The van der Waals surface area contributed by atoms with E-state index in [1.165, 1.54) is 24.8 Å². The average Bonchev–Trinajstić information content (AvgIpc) is 2.69. The van der Waals surface area contributed by atoms with Gasteiger partial charge in [-0.2, -0.15) is 5.10 Å². The number of aromatic nitrogens is 2. The third-order valence-electron chi connectivity index (χ3n) is 4.75. The molecule has 1 spiro atoms. The number of aliphatic imine (C=N–C) groups is 1. The predicted octanol–water partition coefficient (Wildman–Crippen LogP) is 4.64. The quantitative estimate of drug-likeness (QED) is 0.838. The first-order valence-electron chi connectivity index (χ1n) is 9.31. The van der Waals surface area contributed by atoms with Gasteiger partial charge < -0.3 is 10.6 Å². The van der Waals surface area contributed by atoms with Crippen molar-refractivity contribution in [3.8, 4) is 0 Å². The summed E-state index contributed by atoms with van der Waals surface area (Å²) < 4.78 is 0. The van der Waals surface area contributed by atoms with E-state index in [-0.39, 0.29) is 5.54 Å². The molecule has 0 atom stereocenters. The topological polar surface area (TPSA) is 62.2 Å². The zero-order chi connectivity index (χ0) is 17.5. The number of fused-ring (bicyclic) bond motifs is 1. The number of nitrogens with one attached hydrogen (secondary N) is 2. The minimum absolute atomic E-state index is 0.115. The van der Waals surface area contributed by atoms with Crippen LogP contribution < -0.4 is 10.6 Å². The molecule has 0 amide bonds. The summed E-state index contributed by atoms with van der Waals surface area (Å²) >= 11 is 0. The molecular formula is C20H27N5. The van der Waals surface area contributed by atoms with E-state index in [9.17, 15) is 0 Å². The van der Waals surface area contributed by atoms with E-state index < -0.39 is 0 Å². The van der Waals surface area contributed by atoms with Crippen molar-refractivity contribution in [1.29, 1.82) is 0 Å². The molecule has 0 bridgehead atoms. The van der Waals surface area contributed by atoms with Crippen LogP contribution in [0.1, 0.15) is 51.5 Å². The molecule has 0 unspecified atom stereocenters. The molecule has 2 aliphatic rings. The molecule has 25 heavy (non-hydrogen) atoms. The van der Waals surface area contributed by atoms with Gasteiger partial charge in [-0.3, -0.25) is 4.99 Å². The van der Waals surface area contributed by atoms with Gasteiger partial charge in [0.1, 0.15) is 5.84 Å². The largest absolute Gasteiger partial charge is 0.354 e. The zero-order valence-corrected chi connectivity index (χ0v) is 15.1. The lowest BCUT2D eigenvalue weighted by atomic mass is 9.79. The highest BCUT2D eigenvalue weighted by Gasteiger charge is 2.41. The van der Waals surface area contributed by atoms with Crippen molar-refractivity contribution < 1.29 is 0 Å². The first-order chi connectivity index (χ1) is 12.4. The van der Waals surface area contributed by atoms with Crippen LogP contribution in [-0.4, -0.2) is 21.6 Å². The normalized spacial score (nSPS) is 19.2. The van der Waals surface area contributed by atoms with Gasteiger partial charge in [-0.15, -0.1) is 5.10 Å². The number of hydrogen-bond acceptors (Lipinski definition) is 4. The number of anilines is 2. The molecule has 1 aromatic carbocycles. The van der Waals surface area contributed by atoms with Crippen molar-refractivity contribution in [2.45, 2.75) is 58.0 Å². The molecule has 2 N–H and O–H groups in total. The Morgan fingerprint density at radius 1 is 1.04 bits per heavy atom. The van der Waals surface area contributed by atoms with Gasteiger partial charge in [0.05, 0.1) is 24.0 Å². The Balaban J connectivity index is 0.000000880. The van der Waals surface area contributed by atoms with Crippen molar-refractivity contribution >= 4 is 17.3 Å². The fourth-order valence-corrected chi connectivity index (χ4v) is 3.52. The Morgan fingerprint density at radius 2 is 1.80 bits per heavy atom. The van der Waals surface area contributed by atoms with Crippen molar-refractivity contribution in [3.63, 3.8) is 0 Å². The summed E-state index contributed by atoms with van der Waals surface area (Å²) in [4.78, 5) is 4.92. The summed E-state index contributed by atoms with van der Waals surface area (Å²) in [5.41, 5.74) is 2.07. The van der Waals surface area contributed by atoms with Crippen LogP contribution in [0.4, 0.5) is 11.5 Å². The average molecular weight is 337 g/mol. The molecule has 1 saturated carbocycles. The standard InChI is InChI=1S/C18H21N5.C2H6/c1-3-7-14(8-4-1)13-19-17-18(10-5-2-6-11-18)22-16-15(21-17)9-12-20-23-16;1-2/h1,3-4,7-9,12H,2,5-6,10-11,13H2,(H,19,21)(H,22,23);1-2H3. The van der Waals surface area contributed by atoms with Gasteiger partial charge in [-0.1, -0.05) is 63.4 Å². The highest BCUT2D eigenvalue weighted by atomic mass is 15.3. The van der Waals surface area contributed by atoms with Gasteiger partial charge in [-0.25, -0.2) is 0 Å². The highest BCUT2D eigenvalue weighted by Crippen LogP contribution is 2.38. The Morgan fingerprint density at radius 3 is 2.56 bits per heavy atom. The van der Waals surface area contributed by atoms with Crippen LogP contribution >= 0.6 is 0 Å². The molecule has 1 aromatic heterocycles. The van der Waals surface area contributed by atoms with Gasteiger partial charge in [0.25, 0.3) is 0 Å². The summed E-state index contributed by atoms with van der Waals surface area (Å²) in [6.07, 6.45) is 7.61. The first kappa shape index (κ1) is 17.4. The maximum atomic E-state index is 4.92. The first-order valence-corrected chi connectivity index (χ1v) is 9.31. The third-order valence-corrected chi connectivity index (χ3v) is 4.75. The monoisotopic (exact) mass is 337 g/mol. The van der Waals surface area contributed by atoms with Crippen LogP contribution in [0.2, 0.25) is 0 Å². The number of nitrogens with zero attached hydrogens (tertiary/aromatic N) is 3. The van der Waals surface area contributed by atoms with Gasteiger partial charge in [0.15, 0.2) is 5.82 Å². The minimum atomic E-state index is -0.115. The summed E-state index contributed by atoms with van der Waals surface area (Å²) in [6.45, 7) is 4.69. The van der Waals surface area contributed by atoms with Crippen LogP contribution in [0, 0.1) is 0 Å². The smallest absolute Gasteiger partial charge is 0.173 e. The molecular weight excluding hydrogens is 310 g/mol. The van der Waals surface area contributed by atoms with E-state index in [2.05, 4.69) is 45.1 Å². The SMILES string of the molecule is CC.c1ccc(CN=C2Nc3ccnnc3NC23CCCCC3)cc1. The van der Waals surface area contributed by atoms with E-state index in [4.69, 9.17) is 4.99 Å². The third kappa shape index (κ3) is 3.81. The summed E-state index contributed by atoms with van der Waals surface area (Å²) in [5, 5.41) is 15.4. The maximum Gasteiger partial charge on any atom is 0.173 e. The number of amidine groups is 1. The van der Waals surface area contributed by atoms with E-state index in [0.29, 0.717) is 6.54 Å². The van der Waals surface area contributed by atoms with Crippen LogP contribution in [-0.2, 0) is 6.54 Å². The van der Waals surface area contributed by atoms with Crippen LogP contribution in [0.15, 0.2) is 47.6 Å². The Hall–Kier alpha value is -2.43. The molecule has 1 aliphatic carbocycles. The Bertz CT molecular complexity index is 705. The summed E-state index contributed by atoms with van der Waals surface area (Å²) in [5.74, 6) is 1.88. The molecule has 2 aromatic rings. The predicted molar refractivity (Wildman–Crippen MR) is 104 cm³/mol. The fraction of sp³-hybridized carbons (Fsp3) is 0.450. The molecule has 0 saturated heterocycles. The van der Waals surface area contributed by atoms with Gasteiger partial charge in [-0.05, 0) is 24.5 Å². The lowest BCUT2D eigenvalue weighted by Gasteiger charge is -2.43. The number of benzene rings is 1. The minimum Gasteiger partial charge on any atom is -0.354 e. The van der Waals surface area contributed by atoms with Gasteiger partial charge in [0.2, 0.25) is 0 Å². The van der Waals surface area contributed by atoms with E-state index in [1.807, 2.05) is 26.0 Å². The van der Waals surface area contributed by atoms with E-state index in [0.717, 1.165) is 30.2 Å². The summed E-state index contributed by atoms with van der Waals surface area (Å²) in [6, 6.07) is 12.3. The summed E-state index contributed by atoms with van der Waals surface area (Å²) in [7, 11) is 0. The molecule has 2 heterocycles. The lowest BCUT2D eigenvalue weighted by molar-refractivity contribution is 0.401. The van der Waals surface area contributed by atoms with Crippen molar-refractivity contribution in [3.05, 3.63) is 48.2 Å². The second-order valence-electron chi connectivity index (χ2n) is 6.34. The van der Waals surface area contributed by atoms with Crippen molar-refractivity contribution in [1.82, 2.24) is 10.2 Å². The van der Waals surface area contributed by atoms with Crippen LogP contribution in [0.25, 0.3) is 0 Å². The molecule has 1 fully saturated rings. The van der Waals surface area contributed by atoms with Gasteiger partial charge in [0, 0.05) is 0 Å². The van der Waals surface area contributed by atoms with Crippen LogP contribution in [0.5, 0.6) is 0 Å². The van der Waals surface area contributed by atoms with Crippen molar-refractivity contribution in [2.75, 3.05) is 10.6 Å². The second kappa shape index (κ2) is 8.10. The van der Waals surface area contributed by atoms with Crippen LogP contribution in [0.3, 0.4) is 0 Å². The second-order valence-corrected chi connectivity index (χ2v) is 6.34. The number of rotatable bonds is 2. The van der Waals surface area contributed by atoms with Crippen molar-refractivity contribution in [2.24, 2.45) is 4.99 Å². The molecule has 1 aliphatic heterocycles. The van der Waals surface area contributed by atoms with E-state index >= 15 is 0 Å². The number of hydrogen-bond donors (Lipinski definition) is 2. The highest BCUT2D eigenvalue weighted by molar-refractivity contribution is 6.08. The lowest BCUT2D eigenvalue weighted by Crippen LogP contribution is -2.54. The fourth-order valence-electron chi connectivity index (χ4n) is 3.52. The molecule has 5 heteroatoms. The molecule has 5 nitrogen and oxygen atoms in total. The molecule has 132 valence electrons. The maximum absolute atomic E-state index is 4.92. The Labute approximate surface area is 150 Å². The van der Waals surface area contributed by atoms with Gasteiger partial charge >= 0.3 is 0 Å². The molecule has 4 rings (SSSR count). The molecule has 0 radical (unpaired) electrons. The zero-order valence-electron chi connectivity index (χ0n) is 15.1.